The van der Waals surface area contributed by atoms with Gasteiger partial charge in [0.2, 0.25) is 11.8 Å². The molecule has 0 aliphatic rings. The minimum absolute atomic E-state index is 0.230. The summed E-state index contributed by atoms with van der Waals surface area (Å²) in [5.41, 5.74) is -0.598. The van der Waals surface area contributed by atoms with Crippen molar-refractivity contribution in [3.05, 3.63) is 0 Å². The first kappa shape index (κ1) is 17.4. The molecule has 0 aliphatic heterocycles. The van der Waals surface area contributed by atoms with Gasteiger partial charge in [-0.1, -0.05) is 34.6 Å². The Hall–Kier alpha value is -1.59. The monoisotopic (exact) mass is 272 g/mol. The van der Waals surface area contributed by atoms with Crippen LogP contribution >= 0.6 is 0 Å². The Labute approximate surface area is 113 Å². The van der Waals surface area contributed by atoms with Crippen molar-refractivity contribution < 1.29 is 19.5 Å². The van der Waals surface area contributed by atoms with Crippen molar-refractivity contribution in [1.29, 1.82) is 0 Å². The van der Waals surface area contributed by atoms with Crippen molar-refractivity contribution in [2.24, 2.45) is 11.3 Å². The van der Waals surface area contributed by atoms with E-state index in [-0.39, 0.29) is 11.8 Å². The summed E-state index contributed by atoms with van der Waals surface area (Å²) in [6.07, 6.45) is 0. The fourth-order valence-corrected chi connectivity index (χ4v) is 1.27. The smallest absolute Gasteiger partial charge is 0.326 e. The van der Waals surface area contributed by atoms with Crippen molar-refractivity contribution in [1.82, 2.24) is 10.6 Å². The highest BCUT2D eigenvalue weighted by Gasteiger charge is 2.28. The van der Waals surface area contributed by atoms with Crippen LogP contribution < -0.4 is 10.6 Å². The van der Waals surface area contributed by atoms with Crippen LogP contribution in [0.25, 0.3) is 0 Å². The van der Waals surface area contributed by atoms with Gasteiger partial charge in [0.15, 0.2) is 0 Å². The molecule has 2 amide bonds. The van der Waals surface area contributed by atoms with E-state index < -0.39 is 29.4 Å². The summed E-state index contributed by atoms with van der Waals surface area (Å²) in [7, 11) is 0. The third-order valence-corrected chi connectivity index (χ3v) is 2.65. The molecule has 0 fully saturated rings. The number of carboxylic acid groups (broad SMARTS) is 1. The second-order valence-electron chi connectivity index (χ2n) is 6.01. The van der Waals surface area contributed by atoms with Gasteiger partial charge in [0, 0.05) is 5.41 Å². The van der Waals surface area contributed by atoms with E-state index in [4.69, 9.17) is 5.11 Å². The Bertz CT molecular complexity index is 358. The van der Waals surface area contributed by atoms with Gasteiger partial charge in [-0.25, -0.2) is 4.79 Å². The van der Waals surface area contributed by atoms with Gasteiger partial charge in [-0.05, 0) is 12.8 Å². The van der Waals surface area contributed by atoms with E-state index in [1.54, 1.807) is 34.6 Å². The zero-order valence-electron chi connectivity index (χ0n) is 12.4. The number of hydrogen-bond donors (Lipinski definition) is 3. The van der Waals surface area contributed by atoms with Gasteiger partial charge in [-0.2, -0.15) is 0 Å². The summed E-state index contributed by atoms with van der Waals surface area (Å²) in [6, 6.07) is -1.73. The average molecular weight is 272 g/mol. The molecule has 0 aromatic carbocycles. The summed E-state index contributed by atoms with van der Waals surface area (Å²) in [4.78, 5) is 34.5. The lowest BCUT2D eigenvalue weighted by atomic mass is 9.95. The van der Waals surface area contributed by atoms with Gasteiger partial charge in [0.1, 0.15) is 12.1 Å². The minimum Gasteiger partial charge on any atom is -0.480 e. The molecule has 3 N–H and O–H groups in total. The molecule has 0 rings (SSSR count). The van der Waals surface area contributed by atoms with Crippen molar-refractivity contribution in [3.8, 4) is 0 Å². The van der Waals surface area contributed by atoms with Crippen molar-refractivity contribution in [3.63, 3.8) is 0 Å². The van der Waals surface area contributed by atoms with Gasteiger partial charge >= 0.3 is 5.97 Å². The highest BCUT2D eigenvalue weighted by Crippen LogP contribution is 2.12. The van der Waals surface area contributed by atoms with Crippen LogP contribution in [0.3, 0.4) is 0 Å². The van der Waals surface area contributed by atoms with Gasteiger partial charge in [-0.3, -0.25) is 9.59 Å². The van der Waals surface area contributed by atoms with Crippen LogP contribution in [0.15, 0.2) is 0 Å². The first-order valence-electron chi connectivity index (χ1n) is 6.31. The van der Waals surface area contributed by atoms with Gasteiger partial charge < -0.3 is 15.7 Å². The second kappa shape index (κ2) is 6.54. The molecule has 19 heavy (non-hydrogen) atoms. The zero-order chi connectivity index (χ0) is 15.4. The van der Waals surface area contributed by atoms with Crippen molar-refractivity contribution in [2.75, 3.05) is 0 Å². The van der Waals surface area contributed by atoms with Gasteiger partial charge in [0.05, 0.1) is 0 Å². The highest BCUT2D eigenvalue weighted by atomic mass is 16.4. The zero-order valence-corrected chi connectivity index (χ0v) is 12.4. The highest BCUT2D eigenvalue weighted by molar-refractivity contribution is 5.91. The number of hydrogen-bond acceptors (Lipinski definition) is 3. The molecule has 6 heteroatoms. The lowest BCUT2D eigenvalue weighted by Crippen LogP contribution is -2.53. The van der Waals surface area contributed by atoms with Crippen LogP contribution in [0.4, 0.5) is 0 Å². The molecule has 0 spiro atoms. The minimum atomic E-state index is -1.09. The summed E-state index contributed by atoms with van der Waals surface area (Å²) >= 11 is 0. The number of carbonyl (C=O) groups excluding carboxylic acids is 2. The van der Waals surface area contributed by atoms with Crippen molar-refractivity contribution in [2.45, 2.75) is 53.6 Å². The third kappa shape index (κ3) is 5.72. The number of rotatable bonds is 5. The second-order valence-corrected chi connectivity index (χ2v) is 6.01. The lowest BCUT2D eigenvalue weighted by molar-refractivity contribution is -0.143. The van der Waals surface area contributed by atoms with E-state index in [0.29, 0.717) is 0 Å². The molecular formula is C13H24N2O4. The molecule has 2 atom stereocenters. The fraction of sp³-hybridized carbons (Fsp3) is 0.769. The van der Waals surface area contributed by atoms with Crippen LogP contribution in [0.2, 0.25) is 0 Å². The predicted octanol–water partition coefficient (Wildman–Crippen LogP) is 0.763. The maximum atomic E-state index is 11.8. The maximum Gasteiger partial charge on any atom is 0.326 e. The summed E-state index contributed by atoms with van der Waals surface area (Å²) in [5, 5.41) is 14.0. The molecule has 0 saturated heterocycles. The van der Waals surface area contributed by atoms with E-state index >= 15 is 0 Å². The van der Waals surface area contributed by atoms with Crippen LogP contribution in [-0.2, 0) is 14.4 Å². The molecule has 110 valence electrons. The van der Waals surface area contributed by atoms with Crippen LogP contribution in [0.5, 0.6) is 0 Å². The quantitative estimate of drug-likeness (QED) is 0.688. The Morgan fingerprint density at radius 2 is 1.47 bits per heavy atom. The Kier molecular flexibility index (Phi) is 5.99. The normalized spacial score (nSPS) is 14.7. The number of aliphatic carboxylic acids is 1. The number of nitrogens with one attached hydrogen (secondary N) is 2. The standard InChI is InChI=1S/C13H24N2O4/c1-7(2)9(11(17)18)15-10(16)8(3)14-12(19)13(4,5)6/h7-9H,1-6H3,(H,14,19)(H,15,16)(H,17,18)/t8?,9-/m1/s1. The van der Waals surface area contributed by atoms with Crippen LogP contribution in [0, 0.1) is 11.3 Å². The largest absolute Gasteiger partial charge is 0.480 e. The topological polar surface area (TPSA) is 95.5 Å². The van der Waals surface area contributed by atoms with E-state index in [9.17, 15) is 14.4 Å². The van der Waals surface area contributed by atoms with Crippen molar-refractivity contribution >= 4 is 17.8 Å². The third-order valence-electron chi connectivity index (χ3n) is 2.65. The summed E-state index contributed by atoms with van der Waals surface area (Å²) in [6.45, 7) is 10.1. The molecule has 0 heterocycles. The van der Waals surface area contributed by atoms with E-state index in [1.165, 1.54) is 6.92 Å². The lowest BCUT2D eigenvalue weighted by Gasteiger charge is -2.24. The van der Waals surface area contributed by atoms with Gasteiger partial charge in [-0.15, -0.1) is 0 Å². The van der Waals surface area contributed by atoms with Crippen LogP contribution in [0.1, 0.15) is 41.5 Å². The fourth-order valence-electron chi connectivity index (χ4n) is 1.27. The van der Waals surface area contributed by atoms with E-state index in [2.05, 4.69) is 10.6 Å². The first-order valence-corrected chi connectivity index (χ1v) is 6.31. The molecule has 0 aromatic rings. The predicted molar refractivity (Wildman–Crippen MR) is 71.5 cm³/mol. The molecule has 0 aliphatic carbocycles. The SMILES string of the molecule is CC(NC(=O)C(C)(C)C)C(=O)N[C@@H](C(=O)O)C(C)C. The molecule has 6 nitrogen and oxygen atoms in total. The molecule has 0 aromatic heterocycles. The molecule has 0 saturated carbocycles. The summed E-state index contributed by atoms with van der Waals surface area (Å²) < 4.78 is 0. The number of carbonyl (C=O) groups is 3. The molecule has 1 unspecified atom stereocenters. The molecule has 0 bridgehead atoms. The number of carboxylic acids is 1. The Morgan fingerprint density at radius 3 is 1.79 bits per heavy atom. The first-order chi connectivity index (χ1) is 8.46. The maximum absolute atomic E-state index is 11.8. The summed E-state index contributed by atoms with van der Waals surface area (Å²) in [5.74, 6) is -2.07. The molecule has 0 radical (unpaired) electrons. The van der Waals surface area contributed by atoms with E-state index in [0.717, 1.165) is 0 Å². The molecular weight excluding hydrogens is 248 g/mol. The van der Waals surface area contributed by atoms with Gasteiger partial charge in [0.25, 0.3) is 0 Å². The number of amides is 2. The average Bonchev–Trinajstić information content (AvgIpc) is 2.22. The van der Waals surface area contributed by atoms with E-state index in [1.807, 2.05) is 0 Å². The van der Waals surface area contributed by atoms with Crippen LogP contribution in [-0.4, -0.2) is 35.0 Å². The Balaban J connectivity index is 4.58. The Morgan fingerprint density at radius 1 is 1.00 bits per heavy atom.